The molecule has 1 aromatic carbocycles. The first kappa shape index (κ1) is 13.2. The average Bonchev–Trinajstić information content (AvgIpc) is 2.31. The summed E-state index contributed by atoms with van der Waals surface area (Å²) in [5.41, 5.74) is 1.94. The second-order valence-corrected chi connectivity index (χ2v) is 4.71. The lowest BCUT2D eigenvalue weighted by Crippen LogP contribution is -1.99. The first-order valence-electron chi connectivity index (χ1n) is 5.50. The van der Waals surface area contributed by atoms with Gasteiger partial charge in [-0.3, -0.25) is 0 Å². The van der Waals surface area contributed by atoms with Gasteiger partial charge in [0.2, 0.25) is 0 Å². The molecule has 0 saturated heterocycles. The Morgan fingerprint density at radius 3 is 2.50 bits per heavy atom. The van der Waals surface area contributed by atoms with Crippen LogP contribution in [0.15, 0.2) is 18.2 Å². The molecule has 94 valence electrons. The lowest BCUT2D eigenvalue weighted by molar-refractivity contribution is 0.628. The maximum absolute atomic E-state index is 13.4. The van der Waals surface area contributed by atoms with E-state index in [1.54, 1.807) is 13.0 Å². The van der Waals surface area contributed by atoms with E-state index in [4.69, 9.17) is 23.2 Å². The van der Waals surface area contributed by atoms with E-state index in [2.05, 4.69) is 9.97 Å². The molecule has 0 atom stereocenters. The van der Waals surface area contributed by atoms with Crippen molar-refractivity contribution in [1.29, 1.82) is 0 Å². The Morgan fingerprint density at radius 1 is 1.17 bits per heavy atom. The summed E-state index contributed by atoms with van der Waals surface area (Å²) in [5.74, 6) is 0.227. The van der Waals surface area contributed by atoms with Crippen LogP contribution < -0.4 is 0 Å². The summed E-state index contributed by atoms with van der Waals surface area (Å²) >= 11 is 11.9. The molecule has 2 rings (SSSR count). The second kappa shape index (κ2) is 5.21. The maximum atomic E-state index is 13.4. The third kappa shape index (κ3) is 2.62. The Hall–Kier alpha value is -1.19. The van der Waals surface area contributed by atoms with E-state index >= 15 is 0 Å². The van der Waals surface area contributed by atoms with Crippen LogP contribution in [0.2, 0.25) is 10.2 Å². The summed E-state index contributed by atoms with van der Waals surface area (Å²) < 4.78 is 13.4. The van der Waals surface area contributed by atoms with Gasteiger partial charge in [0, 0.05) is 22.6 Å². The van der Waals surface area contributed by atoms with Crippen molar-refractivity contribution in [2.75, 3.05) is 0 Å². The highest BCUT2D eigenvalue weighted by molar-refractivity contribution is 6.31. The third-order valence-electron chi connectivity index (χ3n) is 2.58. The van der Waals surface area contributed by atoms with Crippen molar-refractivity contribution < 1.29 is 4.39 Å². The smallest absolute Gasteiger partial charge is 0.136 e. The summed E-state index contributed by atoms with van der Waals surface area (Å²) in [6.45, 7) is 3.74. The molecular formula is C13H11Cl2FN2. The molecule has 0 unspecified atom stereocenters. The van der Waals surface area contributed by atoms with Crippen LogP contribution in [0.4, 0.5) is 4.39 Å². The van der Waals surface area contributed by atoms with Crippen molar-refractivity contribution in [3.63, 3.8) is 0 Å². The second-order valence-electron chi connectivity index (χ2n) is 3.92. The molecule has 18 heavy (non-hydrogen) atoms. The fourth-order valence-electron chi connectivity index (χ4n) is 1.66. The molecule has 0 saturated carbocycles. The molecule has 0 aliphatic rings. The van der Waals surface area contributed by atoms with E-state index in [9.17, 15) is 4.39 Å². The van der Waals surface area contributed by atoms with Gasteiger partial charge in [0.25, 0.3) is 0 Å². The molecule has 0 spiro atoms. The van der Waals surface area contributed by atoms with Crippen molar-refractivity contribution >= 4 is 23.2 Å². The minimum atomic E-state index is -0.398. The number of aromatic nitrogens is 2. The largest absolute Gasteiger partial charge is 0.233 e. The van der Waals surface area contributed by atoms with Crippen molar-refractivity contribution in [3.05, 3.63) is 45.6 Å². The lowest BCUT2D eigenvalue weighted by atomic mass is 10.1. The molecular weight excluding hydrogens is 274 g/mol. The van der Waals surface area contributed by atoms with Crippen molar-refractivity contribution in [3.8, 4) is 11.3 Å². The van der Waals surface area contributed by atoms with Gasteiger partial charge >= 0.3 is 0 Å². The summed E-state index contributed by atoms with van der Waals surface area (Å²) in [6, 6.07) is 4.30. The van der Waals surface area contributed by atoms with Gasteiger partial charge in [-0.25, -0.2) is 14.4 Å². The first-order chi connectivity index (χ1) is 8.51. The number of hydrogen-bond acceptors (Lipinski definition) is 2. The van der Waals surface area contributed by atoms with Crippen LogP contribution in [0, 0.1) is 12.7 Å². The van der Waals surface area contributed by atoms with Crippen LogP contribution in [0.3, 0.4) is 0 Å². The average molecular weight is 285 g/mol. The predicted molar refractivity (Wildman–Crippen MR) is 71.6 cm³/mol. The molecule has 0 radical (unpaired) electrons. The zero-order chi connectivity index (χ0) is 13.3. The SMILES string of the molecule is CCc1nc(Cl)c(C)c(-c2cc(F)cc(Cl)c2)n1. The van der Waals surface area contributed by atoms with Crippen molar-refractivity contribution in [2.24, 2.45) is 0 Å². The van der Waals surface area contributed by atoms with Gasteiger partial charge in [0.1, 0.15) is 16.8 Å². The van der Waals surface area contributed by atoms with Gasteiger partial charge in [-0.05, 0) is 25.1 Å². The fraction of sp³-hybridized carbons (Fsp3) is 0.231. The van der Waals surface area contributed by atoms with Gasteiger partial charge in [-0.15, -0.1) is 0 Å². The highest BCUT2D eigenvalue weighted by Gasteiger charge is 2.12. The molecule has 1 heterocycles. The van der Waals surface area contributed by atoms with Crippen LogP contribution in [0.5, 0.6) is 0 Å². The Kier molecular flexibility index (Phi) is 3.83. The van der Waals surface area contributed by atoms with Crippen LogP contribution in [-0.2, 0) is 6.42 Å². The molecule has 0 aliphatic heterocycles. The summed E-state index contributed by atoms with van der Waals surface area (Å²) in [6.07, 6.45) is 0.663. The van der Waals surface area contributed by atoms with Gasteiger partial charge in [-0.1, -0.05) is 30.1 Å². The minimum Gasteiger partial charge on any atom is -0.233 e. The third-order valence-corrected chi connectivity index (χ3v) is 3.17. The quantitative estimate of drug-likeness (QED) is 0.761. The molecule has 0 bridgehead atoms. The Morgan fingerprint density at radius 2 is 1.89 bits per heavy atom. The van der Waals surface area contributed by atoms with Crippen LogP contribution in [0.25, 0.3) is 11.3 Å². The van der Waals surface area contributed by atoms with E-state index in [-0.39, 0.29) is 0 Å². The number of halogens is 3. The molecule has 0 N–H and O–H groups in total. The summed E-state index contributed by atoms with van der Waals surface area (Å²) in [4.78, 5) is 8.53. The van der Waals surface area contributed by atoms with Crippen molar-refractivity contribution in [2.45, 2.75) is 20.3 Å². The molecule has 2 aromatic rings. The summed E-state index contributed by atoms with van der Waals surface area (Å²) in [5, 5.41) is 0.717. The molecule has 0 fully saturated rings. The molecule has 0 aliphatic carbocycles. The Labute approximate surface area is 115 Å². The fourth-order valence-corrected chi connectivity index (χ4v) is 2.07. The highest BCUT2D eigenvalue weighted by Crippen LogP contribution is 2.28. The standard InChI is InChI=1S/C13H11Cl2FN2/c1-3-11-17-12(7(2)13(15)18-11)8-4-9(14)6-10(16)5-8/h4-6H,3H2,1-2H3. The van der Waals surface area contributed by atoms with Crippen molar-refractivity contribution in [1.82, 2.24) is 9.97 Å². The maximum Gasteiger partial charge on any atom is 0.136 e. The van der Waals surface area contributed by atoms with E-state index in [0.717, 1.165) is 5.56 Å². The van der Waals surface area contributed by atoms with Gasteiger partial charge < -0.3 is 0 Å². The molecule has 2 nitrogen and oxygen atoms in total. The minimum absolute atomic E-state index is 0.331. The monoisotopic (exact) mass is 284 g/mol. The topological polar surface area (TPSA) is 25.8 Å². The zero-order valence-corrected chi connectivity index (χ0v) is 11.5. The van der Waals surface area contributed by atoms with Crippen LogP contribution in [-0.4, -0.2) is 9.97 Å². The lowest BCUT2D eigenvalue weighted by Gasteiger charge is -2.09. The highest BCUT2D eigenvalue weighted by atomic mass is 35.5. The van der Waals surface area contributed by atoms with Crippen LogP contribution >= 0.6 is 23.2 Å². The number of aryl methyl sites for hydroxylation is 1. The summed E-state index contributed by atoms with van der Waals surface area (Å²) in [7, 11) is 0. The van der Waals surface area contributed by atoms with E-state index in [0.29, 0.717) is 33.7 Å². The number of rotatable bonds is 2. The molecule has 1 aromatic heterocycles. The van der Waals surface area contributed by atoms with Gasteiger partial charge in [0.05, 0.1) is 5.69 Å². The van der Waals surface area contributed by atoms with Crippen LogP contribution in [0.1, 0.15) is 18.3 Å². The molecule has 5 heteroatoms. The van der Waals surface area contributed by atoms with E-state index in [1.807, 2.05) is 6.92 Å². The van der Waals surface area contributed by atoms with E-state index < -0.39 is 5.82 Å². The first-order valence-corrected chi connectivity index (χ1v) is 6.26. The number of benzene rings is 1. The Balaban J connectivity index is 2.65. The number of nitrogens with zero attached hydrogens (tertiary/aromatic N) is 2. The van der Waals surface area contributed by atoms with Gasteiger partial charge in [0.15, 0.2) is 0 Å². The molecule has 0 amide bonds. The van der Waals surface area contributed by atoms with Gasteiger partial charge in [-0.2, -0.15) is 0 Å². The Bertz CT molecular complexity index is 580. The predicted octanol–water partition coefficient (Wildman–Crippen LogP) is 4.46. The number of hydrogen-bond donors (Lipinski definition) is 0. The zero-order valence-electron chi connectivity index (χ0n) is 9.97. The van der Waals surface area contributed by atoms with E-state index in [1.165, 1.54) is 12.1 Å². The normalized spacial score (nSPS) is 10.7.